The fraction of sp³-hybridized carbons (Fsp3) is 0.429. The van der Waals surface area contributed by atoms with Gasteiger partial charge in [0.25, 0.3) is 0 Å². The number of aliphatic hydroxyl groups excluding tert-OH is 1. The second-order valence-corrected chi connectivity index (χ2v) is 3.97. The number of rotatable bonds is 6. The fourth-order valence-corrected chi connectivity index (χ4v) is 1.39. The molecule has 0 atom stereocenters. The molecule has 1 aromatic carbocycles. The minimum absolute atomic E-state index is 0.0989. The van der Waals surface area contributed by atoms with E-state index < -0.39 is 18.6 Å². The molecule has 0 heterocycles. The van der Waals surface area contributed by atoms with E-state index in [1.807, 2.05) is 0 Å². The molecule has 116 valence electrons. The van der Waals surface area contributed by atoms with Gasteiger partial charge in [0.15, 0.2) is 0 Å². The lowest BCUT2D eigenvalue weighted by molar-refractivity contribution is -0.174. The van der Waals surface area contributed by atoms with E-state index in [2.05, 4.69) is 16.6 Å². The molecule has 1 N–H and O–H groups in total. The summed E-state index contributed by atoms with van der Waals surface area (Å²) in [7, 11) is 0. The Bertz CT molecular complexity index is 503. The van der Waals surface area contributed by atoms with E-state index in [1.165, 1.54) is 12.1 Å². The summed E-state index contributed by atoms with van der Waals surface area (Å²) in [5.41, 5.74) is 0.264. The van der Waals surface area contributed by atoms with Gasteiger partial charge in [0, 0.05) is 6.42 Å². The van der Waals surface area contributed by atoms with Crippen molar-refractivity contribution in [2.45, 2.75) is 12.6 Å². The summed E-state index contributed by atoms with van der Waals surface area (Å²) >= 11 is 0. The van der Waals surface area contributed by atoms with Gasteiger partial charge in [0.1, 0.15) is 24.8 Å². The van der Waals surface area contributed by atoms with Crippen LogP contribution in [0.1, 0.15) is 12.0 Å². The molecule has 0 aliphatic carbocycles. The molecule has 0 bridgehead atoms. The average molecular weight is 306 g/mol. The van der Waals surface area contributed by atoms with Crippen LogP contribution in [0, 0.1) is 17.7 Å². The highest BCUT2D eigenvalue weighted by atomic mass is 19.4. The van der Waals surface area contributed by atoms with Crippen molar-refractivity contribution in [2.24, 2.45) is 0 Å². The van der Waals surface area contributed by atoms with Crippen molar-refractivity contribution < 1.29 is 32.1 Å². The first kappa shape index (κ1) is 17.3. The Labute approximate surface area is 119 Å². The van der Waals surface area contributed by atoms with Crippen LogP contribution in [0.3, 0.4) is 0 Å². The van der Waals surface area contributed by atoms with Crippen molar-refractivity contribution in [2.75, 3.05) is 26.4 Å². The number of ether oxygens (including phenoxy) is 2. The molecule has 3 nitrogen and oxygen atoms in total. The largest absolute Gasteiger partial charge is 0.492 e. The first-order valence-corrected chi connectivity index (χ1v) is 6.09. The first-order valence-electron chi connectivity index (χ1n) is 6.09. The third-order valence-corrected chi connectivity index (χ3v) is 2.20. The molecule has 0 saturated heterocycles. The van der Waals surface area contributed by atoms with E-state index in [0.717, 1.165) is 6.07 Å². The second kappa shape index (κ2) is 8.49. The number of hydrogen-bond donors (Lipinski definition) is 1. The van der Waals surface area contributed by atoms with E-state index in [-0.39, 0.29) is 31.8 Å². The van der Waals surface area contributed by atoms with Crippen molar-refractivity contribution in [1.82, 2.24) is 0 Å². The highest BCUT2D eigenvalue weighted by Gasteiger charge is 2.27. The van der Waals surface area contributed by atoms with Crippen LogP contribution >= 0.6 is 0 Å². The maximum Gasteiger partial charge on any atom is 0.411 e. The first-order chi connectivity index (χ1) is 9.92. The predicted molar refractivity (Wildman–Crippen MR) is 67.3 cm³/mol. The zero-order valence-corrected chi connectivity index (χ0v) is 11.0. The summed E-state index contributed by atoms with van der Waals surface area (Å²) in [6, 6.07) is 3.70. The van der Waals surface area contributed by atoms with Crippen molar-refractivity contribution in [1.29, 1.82) is 0 Å². The molecule has 21 heavy (non-hydrogen) atoms. The molecule has 7 heteroatoms. The van der Waals surface area contributed by atoms with Crippen LogP contribution < -0.4 is 4.74 Å². The molecule has 1 rings (SSSR count). The normalized spacial score (nSPS) is 10.9. The van der Waals surface area contributed by atoms with Gasteiger partial charge >= 0.3 is 6.18 Å². The Hall–Kier alpha value is -1.78. The van der Waals surface area contributed by atoms with Crippen molar-refractivity contribution >= 4 is 0 Å². The lowest BCUT2D eigenvalue weighted by Crippen LogP contribution is -2.18. The second-order valence-electron chi connectivity index (χ2n) is 3.97. The summed E-state index contributed by atoms with van der Waals surface area (Å²) in [5.74, 6) is 4.70. The van der Waals surface area contributed by atoms with Crippen LogP contribution in [0.15, 0.2) is 18.2 Å². The minimum Gasteiger partial charge on any atom is -0.492 e. The fourth-order valence-electron chi connectivity index (χ4n) is 1.39. The highest BCUT2D eigenvalue weighted by molar-refractivity contribution is 5.46. The molecule has 0 aliphatic heterocycles. The quantitative estimate of drug-likeness (QED) is 0.499. The van der Waals surface area contributed by atoms with E-state index in [9.17, 15) is 17.6 Å². The van der Waals surface area contributed by atoms with Crippen LogP contribution in [0.4, 0.5) is 17.6 Å². The van der Waals surface area contributed by atoms with Gasteiger partial charge in [-0.3, -0.25) is 0 Å². The van der Waals surface area contributed by atoms with Crippen molar-refractivity contribution in [3.8, 4) is 17.6 Å². The SMILES string of the molecule is OCC#Cc1cc(F)ccc1OCCCOCC(F)(F)F. The molecule has 0 aromatic heterocycles. The van der Waals surface area contributed by atoms with Gasteiger partial charge in [-0.15, -0.1) is 0 Å². The standard InChI is InChI=1S/C14H14F4O3/c15-12-4-5-13(11(9-12)3-1-6-19)21-8-2-7-20-10-14(16,17)18/h4-5,9,19H,2,6-8,10H2. The summed E-state index contributed by atoms with van der Waals surface area (Å²) < 4.78 is 58.2. The summed E-state index contributed by atoms with van der Waals surface area (Å²) in [6.07, 6.45) is -4.09. The van der Waals surface area contributed by atoms with Crippen LogP contribution in [-0.4, -0.2) is 37.7 Å². The van der Waals surface area contributed by atoms with Crippen molar-refractivity contribution in [3.63, 3.8) is 0 Å². The molecule has 0 amide bonds. The van der Waals surface area contributed by atoms with E-state index >= 15 is 0 Å². The zero-order chi connectivity index (χ0) is 15.7. The van der Waals surface area contributed by atoms with Gasteiger partial charge in [0.05, 0.1) is 18.8 Å². The van der Waals surface area contributed by atoms with Crippen LogP contribution in [-0.2, 0) is 4.74 Å². The predicted octanol–water partition coefficient (Wildman–Crippen LogP) is 2.52. The summed E-state index contributed by atoms with van der Waals surface area (Å²) in [4.78, 5) is 0. The molecule has 0 radical (unpaired) electrons. The molecular weight excluding hydrogens is 292 g/mol. The Morgan fingerprint density at radius 1 is 1.19 bits per heavy atom. The van der Waals surface area contributed by atoms with Gasteiger partial charge in [0.2, 0.25) is 0 Å². The van der Waals surface area contributed by atoms with Crippen LogP contribution in [0.25, 0.3) is 0 Å². The van der Waals surface area contributed by atoms with Crippen LogP contribution in [0.2, 0.25) is 0 Å². The molecule has 0 fully saturated rings. The number of aliphatic hydroxyl groups is 1. The van der Waals surface area contributed by atoms with Gasteiger partial charge in [-0.2, -0.15) is 13.2 Å². The van der Waals surface area contributed by atoms with E-state index in [1.54, 1.807) is 0 Å². The molecule has 1 aromatic rings. The van der Waals surface area contributed by atoms with E-state index in [4.69, 9.17) is 9.84 Å². The number of hydrogen-bond acceptors (Lipinski definition) is 3. The number of halogens is 4. The molecular formula is C14H14F4O3. The Balaban J connectivity index is 2.41. The van der Waals surface area contributed by atoms with Crippen LogP contribution in [0.5, 0.6) is 5.75 Å². The molecule has 0 unspecified atom stereocenters. The Morgan fingerprint density at radius 3 is 2.62 bits per heavy atom. The minimum atomic E-state index is -4.34. The highest BCUT2D eigenvalue weighted by Crippen LogP contribution is 2.19. The zero-order valence-electron chi connectivity index (χ0n) is 11.0. The summed E-state index contributed by atoms with van der Waals surface area (Å²) in [6.45, 7) is -1.66. The lowest BCUT2D eigenvalue weighted by atomic mass is 10.2. The smallest absolute Gasteiger partial charge is 0.411 e. The molecule has 0 saturated carbocycles. The van der Waals surface area contributed by atoms with Gasteiger partial charge < -0.3 is 14.6 Å². The summed E-state index contributed by atoms with van der Waals surface area (Å²) in [5, 5.41) is 8.61. The van der Waals surface area contributed by atoms with Gasteiger partial charge in [-0.25, -0.2) is 4.39 Å². The average Bonchev–Trinajstić information content (AvgIpc) is 2.40. The number of alkyl halides is 3. The molecule has 0 spiro atoms. The van der Waals surface area contributed by atoms with E-state index in [0.29, 0.717) is 5.75 Å². The molecule has 0 aliphatic rings. The Morgan fingerprint density at radius 2 is 1.95 bits per heavy atom. The third-order valence-electron chi connectivity index (χ3n) is 2.20. The maximum absolute atomic E-state index is 13.1. The topological polar surface area (TPSA) is 38.7 Å². The third kappa shape index (κ3) is 7.54. The lowest BCUT2D eigenvalue weighted by Gasteiger charge is -2.10. The number of benzene rings is 1. The maximum atomic E-state index is 13.1. The van der Waals surface area contributed by atoms with Crippen molar-refractivity contribution in [3.05, 3.63) is 29.6 Å². The van der Waals surface area contributed by atoms with Gasteiger partial charge in [-0.1, -0.05) is 11.8 Å². The van der Waals surface area contributed by atoms with Gasteiger partial charge in [-0.05, 0) is 18.2 Å². The monoisotopic (exact) mass is 306 g/mol. The Kier molecular flexibility index (Phi) is 6.99.